The number of nitrogens with zero attached hydrogens (tertiary/aromatic N) is 1. The molecule has 0 aliphatic rings. The highest BCUT2D eigenvalue weighted by atomic mass is 31.2. The Balaban J connectivity index is 4.15. The van der Waals surface area contributed by atoms with Crippen molar-refractivity contribution >= 4 is 19.8 Å². The van der Waals surface area contributed by atoms with Crippen LogP contribution < -0.4 is 0 Å². The summed E-state index contributed by atoms with van der Waals surface area (Å²) in [5, 5.41) is 0. The maximum Gasteiger partial charge on any atom is 0.472 e. The van der Waals surface area contributed by atoms with Gasteiger partial charge in [-0.2, -0.15) is 0 Å². The number of ether oxygens (including phenoxy) is 2. The highest BCUT2D eigenvalue weighted by Gasteiger charge is 2.27. The summed E-state index contributed by atoms with van der Waals surface area (Å²) in [5.74, 6) is -0.852. The lowest BCUT2D eigenvalue weighted by Gasteiger charge is -2.24. The molecule has 0 aliphatic carbocycles. The van der Waals surface area contributed by atoms with Crippen LogP contribution in [0.2, 0.25) is 0 Å². The summed E-state index contributed by atoms with van der Waals surface area (Å²) >= 11 is 0. The van der Waals surface area contributed by atoms with E-state index in [-0.39, 0.29) is 32.0 Å². The van der Waals surface area contributed by atoms with Gasteiger partial charge in [0.25, 0.3) is 0 Å². The summed E-state index contributed by atoms with van der Waals surface area (Å²) in [6.45, 7) is 4.26. The van der Waals surface area contributed by atoms with Gasteiger partial charge in [-0.25, -0.2) is 4.57 Å². The topological polar surface area (TPSA) is 108 Å². The van der Waals surface area contributed by atoms with Gasteiger partial charge in [0.2, 0.25) is 0 Å². The van der Waals surface area contributed by atoms with E-state index in [1.165, 1.54) is 148 Å². The van der Waals surface area contributed by atoms with Gasteiger partial charge in [0.15, 0.2) is 6.10 Å². The van der Waals surface area contributed by atoms with E-state index in [1.807, 2.05) is 21.1 Å². The first kappa shape index (κ1) is 89.4. The molecule has 1 N–H and O–H groups in total. The standard InChI is InChI=1S/C84H140NO8P/c1-6-8-10-12-14-16-18-20-22-24-26-28-30-32-34-36-38-39-40-41-42-43-44-45-47-49-51-53-55-57-59-61-63-65-67-69-71-73-75-77-84(87)93-82(81-92-94(88,89)91-79-78-85(3,4)5)80-90-83(86)76-74-72-70-68-66-64-62-60-58-56-54-52-50-48-46-37-35-33-31-29-27-25-23-21-19-17-15-13-11-9-7-2/h8,10,14,16,19-22,25-28,32,34,38-39,41-42,44-45,49,51,55,57,61,63,67,69,82H,6-7,9,11-13,15,17-18,23-24,29-31,33,35-37,40,43,46-48,50,52-54,56,58-60,62,64-66,68,70-81H2,1-5H3/p+1/b10-8-,16-14-,21-19-,22-20-,27-25-,28-26-,34-32-,39-38-,42-41-,45-44-,51-49-,57-55-,63-61-,69-67-. The number of hydrogen-bond acceptors (Lipinski definition) is 7. The van der Waals surface area contributed by atoms with Gasteiger partial charge in [-0.3, -0.25) is 18.6 Å². The maximum atomic E-state index is 12.9. The fourth-order valence-electron chi connectivity index (χ4n) is 9.97. The molecule has 0 fully saturated rings. The molecule has 0 aromatic heterocycles. The molecule has 0 radical (unpaired) electrons. The van der Waals surface area contributed by atoms with Crippen LogP contribution in [0.4, 0.5) is 0 Å². The highest BCUT2D eigenvalue weighted by molar-refractivity contribution is 7.47. The monoisotopic (exact) mass is 1320 g/mol. The van der Waals surface area contributed by atoms with Crippen molar-refractivity contribution < 1.29 is 42.1 Å². The first-order valence-electron chi connectivity index (χ1n) is 37.9. The van der Waals surface area contributed by atoms with Crippen molar-refractivity contribution in [1.82, 2.24) is 0 Å². The quantitative estimate of drug-likeness (QED) is 0.0211. The number of allylic oxidation sites excluding steroid dienone is 28. The van der Waals surface area contributed by atoms with Gasteiger partial charge in [-0.05, 0) is 135 Å². The molecule has 0 saturated heterocycles. The third-order valence-corrected chi connectivity index (χ3v) is 16.7. The van der Waals surface area contributed by atoms with E-state index in [1.54, 1.807) is 0 Å². The number of rotatable bonds is 68. The zero-order valence-electron chi connectivity index (χ0n) is 60.9. The van der Waals surface area contributed by atoms with E-state index >= 15 is 0 Å². The summed E-state index contributed by atoms with van der Waals surface area (Å²) in [7, 11) is 1.43. The normalized spacial score (nSPS) is 14.1. The summed E-state index contributed by atoms with van der Waals surface area (Å²) in [6, 6.07) is 0. The number of quaternary nitrogens is 1. The van der Waals surface area contributed by atoms with Crippen molar-refractivity contribution in [2.24, 2.45) is 0 Å². The van der Waals surface area contributed by atoms with Crippen molar-refractivity contribution in [1.29, 1.82) is 0 Å². The summed E-state index contributed by atoms with van der Waals surface area (Å²) < 4.78 is 34.7. The Labute approximate surface area is 578 Å². The second-order valence-electron chi connectivity index (χ2n) is 25.9. The summed E-state index contributed by atoms with van der Waals surface area (Å²) in [5.41, 5.74) is 0. The van der Waals surface area contributed by atoms with Gasteiger partial charge in [0.1, 0.15) is 19.8 Å². The molecule has 0 aromatic carbocycles. The van der Waals surface area contributed by atoms with Crippen molar-refractivity contribution in [3.05, 3.63) is 170 Å². The van der Waals surface area contributed by atoms with Crippen LogP contribution in [0.25, 0.3) is 0 Å². The molecule has 0 rings (SSSR count). The van der Waals surface area contributed by atoms with Crippen LogP contribution in [0.3, 0.4) is 0 Å². The zero-order valence-corrected chi connectivity index (χ0v) is 61.8. The molecule has 534 valence electrons. The SMILES string of the molecule is CC/C=C\C/C=C\C/C=C\C/C=C\C/C=C\C/C=C\C/C=C\C/C=C\C/C=C\C/C=C\C/C=C\C/C=C\CCCCC(=O)OC(COC(=O)CCCCCCCCCCCCCCCCCCCCC/C=C\C/C=C\CCCCCCC)COP(=O)(O)OCC[N+](C)(C)C. The lowest BCUT2D eigenvalue weighted by Crippen LogP contribution is -2.37. The molecule has 0 aliphatic heterocycles. The fourth-order valence-corrected chi connectivity index (χ4v) is 10.7. The van der Waals surface area contributed by atoms with Crippen LogP contribution in [0.1, 0.15) is 296 Å². The Hall–Kier alpha value is -4.63. The van der Waals surface area contributed by atoms with Gasteiger partial charge >= 0.3 is 19.8 Å². The molecule has 0 heterocycles. The third-order valence-electron chi connectivity index (χ3n) is 15.7. The number of phosphoric ester groups is 1. The molecule has 9 nitrogen and oxygen atoms in total. The number of phosphoric acid groups is 1. The first-order chi connectivity index (χ1) is 46.0. The van der Waals surface area contributed by atoms with Crippen LogP contribution in [0.15, 0.2) is 170 Å². The van der Waals surface area contributed by atoms with E-state index in [0.717, 1.165) is 116 Å². The number of esters is 2. The summed E-state index contributed by atoms with van der Waals surface area (Å²) in [4.78, 5) is 35.9. The molecule has 0 spiro atoms. The highest BCUT2D eigenvalue weighted by Crippen LogP contribution is 2.43. The molecule has 2 atom stereocenters. The smallest absolute Gasteiger partial charge is 0.462 e. The molecule has 0 saturated carbocycles. The average molecular weight is 1320 g/mol. The molecule has 94 heavy (non-hydrogen) atoms. The Morgan fingerprint density at radius 2 is 0.606 bits per heavy atom. The molecule has 2 unspecified atom stereocenters. The van der Waals surface area contributed by atoms with E-state index in [9.17, 15) is 19.0 Å². The summed E-state index contributed by atoms with van der Waals surface area (Å²) in [6.07, 6.45) is 111. The van der Waals surface area contributed by atoms with Crippen LogP contribution >= 0.6 is 7.82 Å². The van der Waals surface area contributed by atoms with E-state index in [4.69, 9.17) is 18.5 Å². The van der Waals surface area contributed by atoms with Gasteiger partial charge in [-0.15, -0.1) is 0 Å². The second-order valence-corrected chi connectivity index (χ2v) is 27.4. The van der Waals surface area contributed by atoms with E-state index in [0.29, 0.717) is 17.4 Å². The van der Waals surface area contributed by atoms with Crippen molar-refractivity contribution in [3.8, 4) is 0 Å². The number of likely N-dealkylation sites (N-methyl/N-ethyl adjacent to an activating group) is 1. The van der Waals surface area contributed by atoms with Gasteiger partial charge in [0, 0.05) is 12.8 Å². The van der Waals surface area contributed by atoms with Gasteiger partial charge in [0.05, 0.1) is 27.7 Å². The Morgan fingerprint density at radius 1 is 0.340 bits per heavy atom. The van der Waals surface area contributed by atoms with Gasteiger partial charge < -0.3 is 18.9 Å². The molecular formula is C84H141NO8P+. The molecule has 0 amide bonds. The molecule has 0 bridgehead atoms. The van der Waals surface area contributed by atoms with Crippen molar-refractivity contribution in [2.75, 3.05) is 47.5 Å². The number of carbonyl (C=O) groups excluding carboxylic acids is 2. The predicted molar refractivity (Wildman–Crippen MR) is 408 cm³/mol. The first-order valence-corrected chi connectivity index (χ1v) is 39.4. The van der Waals surface area contributed by atoms with Gasteiger partial charge in [-0.1, -0.05) is 319 Å². The minimum absolute atomic E-state index is 0.0153. The van der Waals surface area contributed by atoms with E-state index in [2.05, 4.69) is 184 Å². The largest absolute Gasteiger partial charge is 0.472 e. The lowest BCUT2D eigenvalue weighted by atomic mass is 10.0. The number of unbranched alkanes of at least 4 members (excludes halogenated alkanes) is 26. The fraction of sp³-hybridized carbons (Fsp3) is 0.643. The van der Waals surface area contributed by atoms with E-state index < -0.39 is 26.5 Å². The Bertz CT molecular complexity index is 2200. The number of carbonyl (C=O) groups is 2. The van der Waals surface area contributed by atoms with Crippen molar-refractivity contribution in [2.45, 2.75) is 302 Å². The molecule has 0 aromatic rings. The van der Waals surface area contributed by atoms with Crippen LogP contribution in [0, 0.1) is 0 Å². The number of hydrogen-bond donors (Lipinski definition) is 1. The van der Waals surface area contributed by atoms with Crippen LogP contribution in [0.5, 0.6) is 0 Å². The second kappa shape index (κ2) is 72.6. The Morgan fingerprint density at radius 3 is 0.926 bits per heavy atom. The predicted octanol–water partition coefficient (Wildman–Crippen LogP) is 25.3. The van der Waals surface area contributed by atoms with Crippen LogP contribution in [-0.2, 0) is 32.7 Å². The molecular weight excluding hydrogens is 1180 g/mol. The minimum atomic E-state index is -4.42. The van der Waals surface area contributed by atoms with Crippen LogP contribution in [-0.4, -0.2) is 74.9 Å². The maximum absolute atomic E-state index is 12.9. The lowest BCUT2D eigenvalue weighted by molar-refractivity contribution is -0.870. The minimum Gasteiger partial charge on any atom is -0.462 e. The molecule has 10 heteroatoms. The Kier molecular flexibility index (Phi) is 69.1. The van der Waals surface area contributed by atoms with Crippen molar-refractivity contribution in [3.63, 3.8) is 0 Å². The average Bonchev–Trinajstić information content (AvgIpc) is 1.56. The third kappa shape index (κ3) is 76.4. The zero-order chi connectivity index (χ0) is 68.3.